The number of methoxy groups -OCH3 is 1. The van der Waals surface area contributed by atoms with E-state index in [4.69, 9.17) is 21.3 Å². The highest BCUT2D eigenvalue weighted by Gasteiger charge is 2.19. The monoisotopic (exact) mass is 365 g/mol. The third kappa shape index (κ3) is 3.71. The van der Waals surface area contributed by atoms with Crippen LogP contribution < -0.4 is 4.74 Å². The minimum Gasteiger partial charge on any atom is -0.497 e. The average molecular weight is 366 g/mol. The van der Waals surface area contributed by atoms with Gasteiger partial charge in [0.1, 0.15) is 5.75 Å². The van der Waals surface area contributed by atoms with Crippen molar-refractivity contribution in [2.45, 2.75) is 19.5 Å². The summed E-state index contributed by atoms with van der Waals surface area (Å²) >= 11 is 5.98. The highest BCUT2D eigenvalue weighted by molar-refractivity contribution is 6.30. The van der Waals surface area contributed by atoms with Gasteiger partial charge in [-0.1, -0.05) is 23.7 Å². The van der Waals surface area contributed by atoms with Crippen molar-refractivity contribution in [1.82, 2.24) is 14.9 Å². The Bertz CT molecular complexity index is 911. The molecule has 0 atom stereocenters. The lowest BCUT2D eigenvalue weighted by molar-refractivity contribution is 0.241. The number of ether oxygens (including phenoxy) is 1. The maximum atomic E-state index is 5.98. The smallest absolute Gasteiger partial charge is 0.159 e. The molecule has 4 rings (SSSR count). The fraction of sp³-hybridized carbons (Fsp3) is 0.238. The Balaban J connectivity index is 1.53. The van der Waals surface area contributed by atoms with E-state index in [9.17, 15) is 0 Å². The number of nitrogens with zero attached hydrogens (tertiary/aromatic N) is 3. The van der Waals surface area contributed by atoms with Gasteiger partial charge in [0.25, 0.3) is 0 Å². The van der Waals surface area contributed by atoms with Crippen LogP contribution in [0.3, 0.4) is 0 Å². The molecular weight excluding hydrogens is 346 g/mol. The third-order valence-electron chi connectivity index (χ3n) is 4.67. The molecule has 0 saturated heterocycles. The van der Waals surface area contributed by atoms with Crippen molar-refractivity contribution < 1.29 is 4.74 Å². The highest BCUT2D eigenvalue weighted by Crippen LogP contribution is 2.24. The van der Waals surface area contributed by atoms with Crippen molar-refractivity contribution in [3.63, 3.8) is 0 Å². The predicted molar refractivity (Wildman–Crippen MR) is 103 cm³/mol. The molecule has 3 aromatic rings. The van der Waals surface area contributed by atoms with Gasteiger partial charge in [0.05, 0.1) is 12.8 Å². The largest absolute Gasteiger partial charge is 0.497 e. The molecule has 0 bridgehead atoms. The standard InChI is InChI=1S/C21H20ClN3O/c1-26-19-4-2-3-15(11-19)13-25-10-9-17-12-23-21(24-20(17)14-25)16-5-7-18(22)8-6-16/h2-8,11-12H,9-10,13-14H2,1H3. The van der Waals surface area contributed by atoms with Crippen LogP contribution in [-0.2, 0) is 19.5 Å². The second-order valence-electron chi connectivity index (χ2n) is 6.48. The van der Waals surface area contributed by atoms with Crippen LogP contribution in [0, 0.1) is 0 Å². The molecule has 0 spiro atoms. The maximum Gasteiger partial charge on any atom is 0.159 e. The lowest BCUT2D eigenvalue weighted by Crippen LogP contribution is -2.31. The molecule has 0 radical (unpaired) electrons. The van der Waals surface area contributed by atoms with Gasteiger partial charge in [-0.25, -0.2) is 9.97 Å². The van der Waals surface area contributed by atoms with Crippen LogP contribution in [0.25, 0.3) is 11.4 Å². The van der Waals surface area contributed by atoms with Crippen molar-refractivity contribution in [3.05, 3.63) is 76.6 Å². The number of hydrogen-bond donors (Lipinski definition) is 0. The van der Waals surface area contributed by atoms with Gasteiger partial charge in [-0.2, -0.15) is 0 Å². The second kappa shape index (κ2) is 7.44. The normalized spacial score (nSPS) is 14.1. The zero-order valence-corrected chi connectivity index (χ0v) is 15.4. The van der Waals surface area contributed by atoms with Crippen molar-refractivity contribution in [1.29, 1.82) is 0 Å². The number of hydrogen-bond acceptors (Lipinski definition) is 4. The van der Waals surface area contributed by atoms with Crippen LogP contribution in [0.15, 0.2) is 54.7 Å². The number of fused-ring (bicyclic) bond motifs is 1. The summed E-state index contributed by atoms with van der Waals surface area (Å²) in [6.45, 7) is 2.72. The molecule has 2 heterocycles. The van der Waals surface area contributed by atoms with E-state index in [0.29, 0.717) is 0 Å². The molecule has 26 heavy (non-hydrogen) atoms. The van der Waals surface area contributed by atoms with E-state index in [0.717, 1.165) is 53.9 Å². The fourth-order valence-electron chi connectivity index (χ4n) is 3.26. The first-order valence-electron chi connectivity index (χ1n) is 8.67. The summed E-state index contributed by atoms with van der Waals surface area (Å²) in [6.07, 6.45) is 2.94. The maximum absolute atomic E-state index is 5.98. The van der Waals surface area contributed by atoms with Gasteiger partial charge in [0.2, 0.25) is 0 Å². The van der Waals surface area contributed by atoms with E-state index in [1.54, 1.807) is 7.11 Å². The first-order valence-corrected chi connectivity index (χ1v) is 9.05. The lowest BCUT2D eigenvalue weighted by Gasteiger charge is -2.28. The van der Waals surface area contributed by atoms with Gasteiger partial charge < -0.3 is 4.74 Å². The van der Waals surface area contributed by atoms with Crippen molar-refractivity contribution in [2.75, 3.05) is 13.7 Å². The van der Waals surface area contributed by atoms with Gasteiger partial charge in [-0.15, -0.1) is 0 Å². The molecule has 0 amide bonds. The SMILES string of the molecule is COc1cccc(CN2CCc3cnc(-c4ccc(Cl)cc4)nc3C2)c1. The number of aromatic nitrogens is 2. The summed E-state index contributed by atoms with van der Waals surface area (Å²) < 4.78 is 5.32. The summed E-state index contributed by atoms with van der Waals surface area (Å²) in [5.41, 5.74) is 4.59. The van der Waals surface area contributed by atoms with Gasteiger partial charge >= 0.3 is 0 Å². The molecule has 1 aliphatic heterocycles. The molecule has 1 aromatic heterocycles. The molecule has 132 valence electrons. The van der Waals surface area contributed by atoms with Crippen LogP contribution in [0.5, 0.6) is 5.75 Å². The van der Waals surface area contributed by atoms with Crippen LogP contribution >= 0.6 is 11.6 Å². The Kier molecular flexibility index (Phi) is 4.87. The predicted octanol–water partition coefficient (Wildman–Crippen LogP) is 4.36. The molecule has 0 saturated carbocycles. The highest BCUT2D eigenvalue weighted by atomic mass is 35.5. The molecule has 0 N–H and O–H groups in total. The molecule has 0 aliphatic carbocycles. The molecular formula is C21H20ClN3O. The summed E-state index contributed by atoms with van der Waals surface area (Å²) in [7, 11) is 1.70. The number of rotatable bonds is 4. The molecule has 1 aliphatic rings. The average Bonchev–Trinajstić information content (AvgIpc) is 2.68. The first-order chi connectivity index (χ1) is 12.7. The minimum atomic E-state index is 0.719. The van der Waals surface area contributed by atoms with Gasteiger partial charge in [0, 0.05) is 36.4 Å². The molecule has 0 unspecified atom stereocenters. The Hall–Kier alpha value is -2.43. The van der Waals surface area contributed by atoms with E-state index in [1.807, 2.05) is 42.6 Å². The van der Waals surface area contributed by atoms with E-state index >= 15 is 0 Å². The lowest BCUT2D eigenvalue weighted by atomic mass is 10.1. The Morgan fingerprint density at radius 3 is 2.81 bits per heavy atom. The molecule has 0 fully saturated rings. The van der Waals surface area contributed by atoms with Crippen molar-refractivity contribution >= 4 is 11.6 Å². The van der Waals surface area contributed by atoms with Crippen LogP contribution in [0.2, 0.25) is 5.02 Å². The molecule has 4 nitrogen and oxygen atoms in total. The van der Waals surface area contributed by atoms with Crippen LogP contribution in [0.1, 0.15) is 16.8 Å². The van der Waals surface area contributed by atoms with Crippen molar-refractivity contribution in [3.8, 4) is 17.1 Å². The zero-order chi connectivity index (χ0) is 17.9. The molecule has 5 heteroatoms. The van der Waals surface area contributed by atoms with Crippen LogP contribution in [0.4, 0.5) is 0 Å². The summed E-state index contributed by atoms with van der Waals surface area (Å²) in [5, 5.41) is 0.719. The third-order valence-corrected chi connectivity index (χ3v) is 4.92. The zero-order valence-electron chi connectivity index (χ0n) is 14.7. The number of benzene rings is 2. The summed E-state index contributed by atoms with van der Waals surface area (Å²) in [5.74, 6) is 1.65. The van der Waals surface area contributed by atoms with Crippen molar-refractivity contribution in [2.24, 2.45) is 0 Å². The molecule has 2 aromatic carbocycles. The summed E-state index contributed by atoms with van der Waals surface area (Å²) in [6, 6.07) is 15.9. The van der Waals surface area contributed by atoms with E-state index < -0.39 is 0 Å². The first kappa shape index (κ1) is 17.0. The van der Waals surface area contributed by atoms with Gasteiger partial charge in [-0.05, 0) is 53.9 Å². The quantitative estimate of drug-likeness (QED) is 0.688. The topological polar surface area (TPSA) is 38.2 Å². The Labute approximate surface area is 158 Å². The minimum absolute atomic E-state index is 0.719. The van der Waals surface area contributed by atoms with Gasteiger partial charge in [-0.3, -0.25) is 4.90 Å². The number of halogens is 1. The summed E-state index contributed by atoms with van der Waals surface area (Å²) in [4.78, 5) is 11.8. The van der Waals surface area contributed by atoms with Crippen LogP contribution in [-0.4, -0.2) is 28.5 Å². The Morgan fingerprint density at radius 1 is 1.15 bits per heavy atom. The van der Waals surface area contributed by atoms with E-state index in [-0.39, 0.29) is 0 Å². The van der Waals surface area contributed by atoms with E-state index in [1.165, 1.54) is 11.1 Å². The Morgan fingerprint density at radius 2 is 2.00 bits per heavy atom. The fourth-order valence-corrected chi connectivity index (χ4v) is 3.39. The van der Waals surface area contributed by atoms with E-state index in [2.05, 4.69) is 22.0 Å². The van der Waals surface area contributed by atoms with Gasteiger partial charge in [0.15, 0.2) is 5.82 Å². The second-order valence-corrected chi connectivity index (χ2v) is 6.92.